The van der Waals surface area contributed by atoms with Gasteiger partial charge in [0.1, 0.15) is 0 Å². The molecule has 4 heteroatoms. The predicted molar refractivity (Wildman–Crippen MR) is 79.8 cm³/mol. The number of aryl methyl sites for hydroxylation is 1. The van der Waals surface area contributed by atoms with Crippen LogP contribution < -0.4 is 10.2 Å². The quantitative estimate of drug-likeness (QED) is 0.830. The van der Waals surface area contributed by atoms with Gasteiger partial charge in [-0.25, -0.2) is 4.98 Å². The van der Waals surface area contributed by atoms with Crippen LogP contribution in [0.1, 0.15) is 49.1 Å². The fraction of sp³-hybridized carbons (Fsp3) is 0.800. The third-order valence-electron chi connectivity index (χ3n) is 4.40. The van der Waals surface area contributed by atoms with Crippen LogP contribution in [0, 0.1) is 12.8 Å². The van der Waals surface area contributed by atoms with Crippen molar-refractivity contribution in [2.45, 2.75) is 64.1 Å². The molecule has 0 unspecified atom stereocenters. The first-order valence-electron chi connectivity index (χ1n) is 7.76. The molecule has 0 spiro atoms. The van der Waals surface area contributed by atoms with Crippen LogP contribution in [0.3, 0.4) is 0 Å². The maximum absolute atomic E-state index is 4.86. The third kappa shape index (κ3) is 2.95. The number of nitrogens with zero attached hydrogens (tertiary/aromatic N) is 2. The van der Waals surface area contributed by atoms with Crippen molar-refractivity contribution in [2.24, 2.45) is 5.92 Å². The highest BCUT2D eigenvalue weighted by molar-refractivity contribution is 7.15. The Balaban J connectivity index is 1.46. The average Bonchev–Trinajstić information content (AvgIpc) is 3.24. The van der Waals surface area contributed by atoms with E-state index in [1.165, 1.54) is 60.8 Å². The van der Waals surface area contributed by atoms with Crippen LogP contribution in [0.15, 0.2) is 0 Å². The number of hydrogen-bond acceptors (Lipinski definition) is 4. The molecule has 0 amide bonds. The van der Waals surface area contributed by atoms with Gasteiger partial charge in [-0.2, -0.15) is 0 Å². The lowest BCUT2D eigenvalue weighted by atomic mass is 10.3. The van der Waals surface area contributed by atoms with E-state index < -0.39 is 0 Å². The van der Waals surface area contributed by atoms with Crippen molar-refractivity contribution in [3.8, 4) is 0 Å². The smallest absolute Gasteiger partial charge is 0.186 e. The maximum atomic E-state index is 4.86. The number of thiazole rings is 1. The summed E-state index contributed by atoms with van der Waals surface area (Å²) in [4.78, 5) is 8.91. The summed E-state index contributed by atoms with van der Waals surface area (Å²) < 4.78 is 0. The van der Waals surface area contributed by atoms with E-state index in [0.717, 1.165) is 24.5 Å². The molecule has 3 aliphatic rings. The van der Waals surface area contributed by atoms with Crippen molar-refractivity contribution < 1.29 is 0 Å². The Bertz CT molecular complexity index is 458. The van der Waals surface area contributed by atoms with Crippen molar-refractivity contribution in [1.29, 1.82) is 0 Å². The summed E-state index contributed by atoms with van der Waals surface area (Å²) in [6, 6.07) is 1.59. The van der Waals surface area contributed by atoms with E-state index in [9.17, 15) is 0 Å². The first-order valence-corrected chi connectivity index (χ1v) is 8.57. The number of aromatic nitrogens is 1. The highest BCUT2D eigenvalue weighted by Crippen LogP contribution is 2.39. The van der Waals surface area contributed by atoms with Crippen molar-refractivity contribution in [3.05, 3.63) is 10.6 Å². The Morgan fingerprint density at radius 1 is 1.21 bits per heavy atom. The third-order valence-corrected chi connectivity index (χ3v) is 5.59. The molecule has 1 aromatic rings. The van der Waals surface area contributed by atoms with E-state index in [1.54, 1.807) is 0 Å². The first kappa shape index (κ1) is 12.2. The standard InChI is InChI=1S/C15H23N3S/c1-10-14(8-16-12-4-5-12)19-15(17-10)18(13-6-7-13)9-11-2-3-11/h11-13,16H,2-9H2,1H3. The molecule has 4 rings (SSSR count). The summed E-state index contributed by atoms with van der Waals surface area (Å²) in [7, 11) is 0. The lowest BCUT2D eigenvalue weighted by molar-refractivity contribution is 0.691. The largest absolute Gasteiger partial charge is 0.345 e. The van der Waals surface area contributed by atoms with Crippen molar-refractivity contribution in [3.63, 3.8) is 0 Å². The Labute approximate surface area is 119 Å². The molecular formula is C15H23N3S. The van der Waals surface area contributed by atoms with E-state index in [1.807, 2.05) is 11.3 Å². The van der Waals surface area contributed by atoms with Gasteiger partial charge in [0.05, 0.1) is 5.69 Å². The molecule has 0 bridgehead atoms. The Morgan fingerprint density at radius 3 is 2.63 bits per heavy atom. The Hall–Kier alpha value is -0.610. The molecule has 0 radical (unpaired) electrons. The highest BCUT2D eigenvalue weighted by atomic mass is 32.1. The van der Waals surface area contributed by atoms with Crippen molar-refractivity contribution in [1.82, 2.24) is 10.3 Å². The fourth-order valence-corrected chi connectivity index (χ4v) is 3.66. The van der Waals surface area contributed by atoms with Crippen molar-refractivity contribution in [2.75, 3.05) is 11.4 Å². The minimum Gasteiger partial charge on any atom is -0.345 e. The van der Waals surface area contributed by atoms with E-state index in [2.05, 4.69) is 17.1 Å². The molecule has 3 nitrogen and oxygen atoms in total. The van der Waals surface area contributed by atoms with Gasteiger partial charge in [-0.05, 0) is 51.4 Å². The van der Waals surface area contributed by atoms with Crippen LogP contribution in [0.4, 0.5) is 5.13 Å². The zero-order chi connectivity index (χ0) is 12.8. The van der Waals surface area contributed by atoms with Gasteiger partial charge in [-0.15, -0.1) is 11.3 Å². The van der Waals surface area contributed by atoms with Crippen LogP contribution in [-0.4, -0.2) is 23.6 Å². The minimum atomic E-state index is 0.788. The van der Waals surface area contributed by atoms with E-state index >= 15 is 0 Å². The van der Waals surface area contributed by atoms with Gasteiger partial charge in [-0.1, -0.05) is 0 Å². The predicted octanol–water partition coefficient (Wildman–Crippen LogP) is 3.08. The maximum Gasteiger partial charge on any atom is 0.186 e. The molecular weight excluding hydrogens is 254 g/mol. The monoisotopic (exact) mass is 277 g/mol. The molecule has 1 N–H and O–H groups in total. The van der Waals surface area contributed by atoms with Gasteiger partial charge in [-0.3, -0.25) is 0 Å². The summed E-state index contributed by atoms with van der Waals surface area (Å²) in [6.07, 6.45) is 8.34. The lowest BCUT2D eigenvalue weighted by Gasteiger charge is -2.21. The summed E-state index contributed by atoms with van der Waals surface area (Å²) >= 11 is 1.93. The summed E-state index contributed by atoms with van der Waals surface area (Å²) in [5.41, 5.74) is 1.24. The molecule has 0 aliphatic heterocycles. The molecule has 104 valence electrons. The zero-order valence-electron chi connectivity index (χ0n) is 11.7. The van der Waals surface area contributed by atoms with Crippen LogP contribution in [0.2, 0.25) is 0 Å². The van der Waals surface area contributed by atoms with Gasteiger partial charge in [0.15, 0.2) is 5.13 Å². The SMILES string of the molecule is Cc1nc(N(CC2CC2)C2CC2)sc1CNC1CC1. The van der Waals surface area contributed by atoms with Gasteiger partial charge in [0.25, 0.3) is 0 Å². The molecule has 1 aromatic heterocycles. The van der Waals surface area contributed by atoms with E-state index in [-0.39, 0.29) is 0 Å². The molecule has 3 aliphatic carbocycles. The molecule has 0 atom stereocenters. The summed E-state index contributed by atoms with van der Waals surface area (Å²) in [5, 5.41) is 4.91. The topological polar surface area (TPSA) is 28.2 Å². The average molecular weight is 277 g/mol. The molecule has 3 saturated carbocycles. The van der Waals surface area contributed by atoms with Crippen LogP contribution in [-0.2, 0) is 6.54 Å². The molecule has 0 saturated heterocycles. The minimum absolute atomic E-state index is 0.788. The summed E-state index contributed by atoms with van der Waals surface area (Å²) in [6.45, 7) is 4.45. The highest BCUT2D eigenvalue weighted by Gasteiger charge is 2.35. The van der Waals surface area contributed by atoms with Crippen LogP contribution in [0.25, 0.3) is 0 Å². The van der Waals surface area contributed by atoms with Gasteiger partial charge < -0.3 is 10.2 Å². The first-order chi connectivity index (χ1) is 9.29. The second-order valence-electron chi connectivity index (χ2n) is 6.49. The number of anilines is 1. The van der Waals surface area contributed by atoms with Crippen LogP contribution in [0.5, 0.6) is 0 Å². The molecule has 1 heterocycles. The Kier molecular flexibility index (Phi) is 3.03. The number of rotatable bonds is 7. The van der Waals surface area contributed by atoms with E-state index in [0.29, 0.717) is 0 Å². The second kappa shape index (κ2) is 4.74. The molecule has 19 heavy (non-hydrogen) atoms. The van der Waals surface area contributed by atoms with Gasteiger partial charge >= 0.3 is 0 Å². The zero-order valence-corrected chi connectivity index (χ0v) is 12.5. The van der Waals surface area contributed by atoms with Crippen LogP contribution >= 0.6 is 11.3 Å². The Morgan fingerprint density at radius 2 is 2.00 bits per heavy atom. The van der Waals surface area contributed by atoms with Gasteiger partial charge in [0.2, 0.25) is 0 Å². The lowest BCUT2D eigenvalue weighted by Crippen LogP contribution is -2.27. The number of hydrogen-bond donors (Lipinski definition) is 1. The fourth-order valence-electron chi connectivity index (χ4n) is 2.57. The molecule has 3 fully saturated rings. The van der Waals surface area contributed by atoms with Crippen molar-refractivity contribution >= 4 is 16.5 Å². The van der Waals surface area contributed by atoms with Gasteiger partial charge in [0, 0.05) is 30.1 Å². The number of nitrogens with one attached hydrogen (secondary N) is 1. The molecule has 0 aromatic carbocycles. The van der Waals surface area contributed by atoms with E-state index in [4.69, 9.17) is 4.98 Å². The second-order valence-corrected chi connectivity index (χ2v) is 7.55. The summed E-state index contributed by atoms with van der Waals surface area (Å²) in [5.74, 6) is 0.956. The normalized spacial score (nSPS) is 22.8.